The third-order valence-electron chi connectivity index (χ3n) is 3.46. The quantitative estimate of drug-likeness (QED) is 0.740. The van der Waals surface area contributed by atoms with Crippen LogP contribution in [0.15, 0.2) is 66.9 Å². The van der Waals surface area contributed by atoms with Crippen molar-refractivity contribution in [1.29, 1.82) is 0 Å². The van der Waals surface area contributed by atoms with E-state index in [0.29, 0.717) is 16.3 Å². The number of aryl methyl sites for hydroxylation is 1. The molecule has 4 heteroatoms. The Morgan fingerprint density at radius 2 is 1.83 bits per heavy atom. The van der Waals surface area contributed by atoms with E-state index in [-0.39, 0.29) is 5.91 Å². The summed E-state index contributed by atoms with van der Waals surface area (Å²) in [4.78, 5) is 17.0. The third-order valence-corrected chi connectivity index (χ3v) is 3.71. The number of hydrogen-bond donors (Lipinski definition) is 1. The number of anilines is 1. The molecule has 0 aliphatic carbocycles. The average molecular weight is 323 g/mol. The van der Waals surface area contributed by atoms with E-state index in [1.165, 1.54) is 0 Å². The number of carbonyl (C=O) groups is 1. The van der Waals surface area contributed by atoms with Gasteiger partial charge in [-0.3, -0.25) is 9.78 Å². The van der Waals surface area contributed by atoms with Crippen LogP contribution in [0.25, 0.3) is 11.3 Å². The summed E-state index contributed by atoms with van der Waals surface area (Å²) in [6, 6.07) is 18.5. The number of nitrogens with zero attached hydrogens (tertiary/aromatic N) is 1. The molecule has 1 aromatic heterocycles. The maximum Gasteiger partial charge on any atom is 0.256 e. The Kier molecular flexibility index (Phi) is 4.40. The largest absolute Gasteiger partial charge is 0.322 e. The molecule has 0 spiro atoms. The second-order valence-corrected chi connectivity index (χ2v) is 5.66. The van der Waals surface area contributed by atoms with Crippen LogP contribution in [0, 0.1) is 6.92 Å². The Bertz CT molecular complexity index is 830. The molecule has 23 heavy (non-hydrogen) atoms. The van der Waals surface area contributed by atoms with Gasteiger partial charge in [-0.2, -0.15) is 0 Å². The van der Waals surface area contributed by atoms with Crippen LogP contribution in [-0.2, 0) is 0 Å². The molecule has 1 N–H and O–H groups in total. The molecule has 0 atom stereocenters. The molecule has 1 amide bonds. The first-order chi connectivity index (χ1) is 11.1. The van der Waals surface area contributed by atoms with Crippen molar-refractivity contribution in [3.63, 3.8) is 0 Å². The molecule has 0 aliphatic heterocycles. The zero-order valence-corrected chi connectivity index (χ0v) is 13.3. The Hall–Kier alpha value is -2.65. The molecule has 0 saturated carbocycles. The maximum atomic E-state index is 12.7. The number of halogens is 1. The van der Waals surface area contributed by atoms with Crippen LogP contribution >= 0.6 is 11.6 Å². The molecular formula is C19H15ClN2O. The Balaban J connectivity index is 1.96. The van der Waals surface area contributed by atoms with Gasteiger partial charge in [-0.05, 0) is 49.4 Å². The number of rotatable bonds is 3. The van der Waals surface area contributed by atoms with Gasteiger partial charge in [-0.25, -0.2) is 0 Å². The lowest BCUT2D eigenvalue weighted by molar-refractivity contribution is 0.102. The van der Waals surface area contributed by atoms with Crippen LogP contribution in [0.4, 0.5) is 5.69 Å². The second-order valence-electron chi connectivity index (χ2n) is 5.23. The van der Waals surface area contributed by atoms with Gasteiger partial charge < -0.3 is 5.32 Å². The predicted octanol–water partition coefficient (Wildman–Crippen LogP) is 4.96. The standard InChI is InChI=1S/C19H15ClN2O/c1-13-5-10-16(18-4-2-3-11-21-18)17(12-13)19(23)22-15-8-6-14(20)7-9-15/h2-12H,1H3,(H,22,23). The van der Waals surface area contributed by atoms with Gasteiger partial charge >= 0.3 is 0 Å². The van der Waals surface area contributed by atoms with Crippen molar-refractivity contribution in [3.8, 4) is 11.3 Å². The number of carbonyl (C=O) groups excluding carboxylic acids is 1. The van der Waals surface area contributed by atoms with Gasteiger partial charge in [0.25, 0.3) is 5.91 Å². The highest BCUT2D eigenvalue weighted by Gasteiger charge is 2.14. The lowest BCUT2D eigenvalue weighted by Gasteiger charge is -2.11. The van der Waals surface area contributed by atoms with Crippen LogP contribution in [0.5, 0.6) is 0 Å². The highest BCUT2D eigenvalue weighted by molar-refractivity contribution is 6.30. The van der Waals surface area contributed by atoms with Crippen molar-refractivity contribution >= 4 is 23.2 Å². The first-order valence-corrected chi connectivity index (χ1v) is 7.60. The SMILES string of the molecule is Cc1ccc(-c2ccccn2)c(C(=O)Nc2ccc(Cl)cc2)c1. The molecule has 0 aliphatic rings. The van der Waals surface area contributed by atoms with Gasteiger partial charge in [-0.15, -0.1) is 0 Å². The van der Waals surface area contributed by atoms with Crippen molar-refractivity contribution in [2.45, 2.75) is 6.92 Å². The zero-order chi connectivity index (χ0) is 16.2. The van der Waals surface area contributed by atoms with Crippen LogP contribution in [0.3, 0.4) is 0 Å². The minimum absolute atomic E-state index is 0.170. The summed E-state index contributed by atoms with van der Waals surface area (Å²) in [5.41, 5.74) is 3.90. The molecule has 0 unspecified atom stereocenters. The van der Waals surface area contributed by atoms with Crippen LogP contribution in [0.2, 0.25) is 5.02 Å². The molecule has 0 bridgehead atoms. The van der Waals surface area contributed by atoms with Crippen molar-refractivity contribution in [1.82, 2.24) is 4.98 Å². The topological polar surface area (TPSA) is 42.0 Å². The van der Waals surface area contributed by atoms with Gasteiger partial charge in [0, 0.05) is 28.0 Å². The Morgan fingerprint density at radius 3 is 2.52 bits per heavy atom. The highest BCUT2D eigenvalue weighted by Crippen LogP contribution is 2.24. The van der Waals surface area contributed by atoms with Crippen molar-refractivity contribution in [2.24, 2.45) is 0 Å². The van der Waals surface area contributed by atoms with E-state index < -0.39 is 0 Å². The second kappa shape index (κ2) is 6.63. The number of aromatic nitrogens is 1. The molecular weight excluding hydrogens is 308 g/mol. The number of pyridine rings is 1. The molecule has 0 saturated heterocycles. The van der Waals surface area contributed by atoms with E-state index in [1.54, 1.807) is 30.5 Å². The molecule has 2 aromatic carbocycles. The van der Waals surface area contributed by atoms with E-state index in [9.17, 15) is 4.79 Å². The minimum Gasteiger partial charge on any atom is -0.322 e. The first-order valence-electron chi connectivity index (χ1n) is 7.22. The van der Waals surface area contributed by atoms with Crippen molar-refractivity contribution < 1.29 is 4.79 Å². The van der Waals surface area contributed by atoms with Gasteiger partial charge in [0.15, 0.2) is 0 Å². The van der Waals surface area contributed by atoms with Gasteiger partial charge in [0.2, 0.25) is 0 Å². The van der Waals surface area contributed by atoms with Gasteiger partial charge in [0.1, 0.15) is 0 Å². The third kappa shape index (κ3) is 3.58. The molecule has 0 fully saturated rings. The molecule has 114 valence electrons. The first kappa shape index (κ1) is 15.3. The van der Waals surface area contributed by atoms with E-state index in [0.717, 1.165) is 16.8 Å². The Morgan fingerprint density at radius 1 is 1.04 bits per heavy atom. The molecule has 1 heterocycles. The predicted molar refractivity (Wildman–Crippen MR) is 93.8 cm³/mol. The molecule has 3 rings (SSSR count). The lowest BCUT2D eigenvalue weighted by Crippen LogP contribution is -2.13. The summed E-state index contributed by atoms with van der Waals surface area (Å²) in [5, 5.41) is 3.53. The Labute approximate surface area is 140 Å². The van der Waals surface area contributed by atoms with E-state index in [4.69, 9.17) is 11.6 Å². The number of hydrogen-bond acceptors (Lipinski definition) is 2. The maximum absolute atomic E-state index is 12.7. The van der Waals surface area contributed by atoms with Crippen molar-refractivity contribution in [2.75, 3.05) is 5.32 Å². The van der Waals surface area contributed by atoms with Crippen LogP contribution in [0.1, 0.15) is 15.9 Å². The zero-order valence-electron chi connectivity index (χ0n) is 12.6. The highest BCUT2D eigenvalue weighted by atomic mass is 35.5. The summed E-state index contributed by atoms with van der Waals surface area (Å²) in [5.74, 6) is -0.170. The van der Waals surface area contributed by atoms with Crippen LogP contribution < -0.4 is 5.32 Å². The lowest BCUT2D eigenvalue weighted by atomic mass is 10.0. The summed E-state index contributed by atoms with van der Waals surface area (Å²) in [7, 11) is 0. The molecule has 3 aromatic rings. The van der Waals surface area contributed by atoms with E-state index in [2.05, 4.69) is 10.3 Å². The smallest absolute Gasteiger partial charge is 0.256 e. The van der Waals surface area contributed by atoms with Crippen molar-refractivity contribution in [3.05, 3.63) is 83.0 Å². The fourth-order valence-corrected chi connectivity index (χ4v) is 2.45. The monoisotopic (exact) mass is 322 g/mol. The summed E-state index contributed by atoms with van der Waals surface area (Å²) in [6.07, 6.45) is 1.72. The average Bonchev–Trinajstić information content (AvgIpc) is 2.57. The summed E-state index contributed by atoms with van der Waals surface area (Å²) < 4.78 is 0. The van der Waals surface area contributed by atoms with E-state index in [1.807, 2.05) is 43.3 Å². The molecule has 3 nitrogen and oxygen atoms in total. The summed E-state index contributed by atoms with van der Waals surface area (Å²) >= 11 is 5.87. The summed E-state index contributed by atoms with van der Waals surface area (Å²) in [6.45, 7) is 1.96. The molecule has 0 radical (unpaired) electrons. The normalized spacial score (nSPS) is 10.3. The number of nitrogens with one attached hydrogen (secondary N) is 1. The van der Waals surface area contributed by atoms with Gasteiger partial charge in [0.05, 0.1) is 5.69 Å². The van der Waals surface area contributed by atoms with Gasteiger partial charge in [-0.1, -0.05) is 35.4 Å². The number of benzene rings is 2. The minimum atomic E-state index is -0.170. The van der Waals surface area contributed by atoms with E-state index >= 15 is 0 Å². The fourth-order valence-electron chi connectivity index (χ4n) is 2.32. The fraction of sp³-hybridized carbons (Fsp3) is 0.0526. The van der Waals surface area contributed by atoms with Crippen LogP contribution in [-0.4, -0.2) is 10.9 Å². The number of amides is 1.